The predicted octanol–water partition coefficient (Wildman–Crippen LogP) is 4.16. The lowest BCUT2D eigenvalue weighted by Gasteiger charge is -2.07. The van der Waals surface area contributed by atoms with Crippen molar-refractivity contribution in [2.75, 3.05) is 0 Å². The third kappa shape index (κ3) is 3.81. The van der Waals surface area contributed by atoms with Gasteiger partial charge in [-0.05, 0) is 39.7 Å². The zero-order chi connectivity index (χ0) is 13.8. The molecule has 2 aromatic carbocycles. The van der Waals surface area contributed by atoms with Crippen molar-refractivity contribution in [3.05, 3.63) is 69.4 Å². The Hall–Kier alpha value is -1.33. The van der Waals surface area contributed by atoms with Crippen LogP contribution in [0.25, 0.3) is 0 Å². The molecule has 0 fully saturated rings. The standard InChI is InChI=1S/C14H11BrF3N/c15-12-5-9(1-4-13(12)17)7-19-8-10-2-3-11(16)6-14(10)18/h1-6,19H,7-8H2. The van der Waals surface area contributed by atoms with Gasteiger partial charge < -0.3 is 5.32 Å². The Morgan fingerprint density at radius 1 is 0.895 bits per heavy atom. The lowest BCUT2D eigenvalue weighted by molar-refractivity contribution is 0.560. The van der Waals surface area contributed by atoms with Crippen LogP contribution in [0.2, 0.25) is 0 Å². The van der Waals surface area contributed by atoms with Gasteiger partial charge in [0, 0.05) is 24.7 Å². The molecule has 2 rings (SSSR count). The molecular weight excluding hydrogens is 319 g/mol. The van der Waals surface area contributed by atoms with Gasteiger partial charge in [0.05, 0.1) is 4.47 Å². The van der Waals surface area contributed by atoms with Crippen LogP contribution in [0.5, 0.6) is 0 Å². The van der Waals surface area contributed by atoms with Gasteiger partial charge in [-0.15, -0.1) is 0 Å². The van der Waals surface area contributed by atoms with Crippen LogP contribution in [0, 0.1) is 17.5 Å². The summed E-state index contributed by atoms with van der Waals surface area (Å²) in [4.78, 5) is 0. The van der Waals surface area contributed by atoms with E-state index in [4.69, 9.17) is 0 Å². The normalized spacial score (nSPS) is 10.7. The third-order valence-electron chi connectivity index (χ3n) is 2.64. The molecule has 5 heteroatoms. The fraction of sp³-hybridized carbons (Fsp3) is 0.143. The molecule has 0 aliphatic heterocycles. The van der Waals surface area contributed by atoms with Gasteiger partial charge in [-0.3, -0.25) is 0 Å². The van der Waals surface area contributed by atoms with E-state index in [-0.39, 0.29) is 12.4 Å². The van der Waals surface area contributed by atoms with Gasteiger partial charge in [0.1, 0.15) is 17.5 Å². The monoisotopic (exact) mass is 329 g/mol. The summed E-state index contributed by atoms with van der Waals surface area (Å²) in [5.74, 6) is -1.50. The second kappa shape index (κ2) is 6.21. The third-order valence-corrected chi connectivity index (χ3v) is 3.25. The number of hydrogen-bond acceptors (Lipinski definition) is 1. The molecule has 0 radical (unpaired) electrons. The van der Waals surface area contributed by atoms with Gasteiger partial charge >= 0.3 is 0 Å². The largest absolute Gasteiger partial charge is 0.309 e. The van der Waals surface area contributed by atoms with Gasteiger partial charge in [0.25, 0.3) is 0 Å². The van der Waals surface area contributed by atoms with Gasteiger partial charge in [0.15, 0.2) is 0 Å². The average Bonchev–Trinajstić information content (AvgIpc) is 2.36. The minimum atomic E-state index is -0.594. The van der Waals surface area contributed by atoms with Crippen molar-refractivity contribution in [1.82, 2.24) is 5.32 Å². The molecule has 1 N–H and O–H groups in total. The fourth-order valence-electron chi connectivity index (χ4n) is 1.66. The van der Waals surface area contributed by atoms with E-state index < -0.39 is 11.6 Å². The van der Waals surface area contributed by atoms with Gasteiger partial charge in [-0.1, -0.05) is 12.1 Å². The maximum Gasteiger partial charge on any atom is 0.137 e. The first kappa shape index (κ1) is 14.1. The predicted molar refractivity (Wildman–Crippen MR) is 71.0 cm³/mol. The lowest BCUT2D eigenvalue weighted by atomic mass is 10.2. The molecule has 0 unspecified atom stereocenters. The van der Waals surface area contributed by atoms with Gasteiger partial charge in [-0.25, -0.2) is 13.2 Å². The molecule has 0 atom stereocenters. The summed E-state index contributed by atoms with van der Waals surface area (Å²) in [5, 5.41) is 3.02. The minimum absolute atomic E-state index is 0.279. The van der Waals surface area contributed by atoms with E-state index in [0.29, 0.717) is 16.6 Å². The molecule has 0 aromatic heterocycles. The quantitative estimate of drug-likeness (QED) is 0.888. The van der Waals surface area contributed by atoms with Crippen LogP contribution < -0.4 is 5.32 Å². The highest BCUT2D eigenvalue weighted by atomic mass is 79.9. The van der Waals surface area contributed by atoms with Crippen molar-refractivity contribution in [2.24, 2.45) is 0 Å². The summed E-state index contributed by atoms with van der Waals surface area (Å²) >= 11 is 3.10. The Labute approximate surface area is 117 Å². The summed E-state index contributed by atoms with van der Waals surface area (Å²) in [5.41, 5.74) is 1.26. The molecular formula is C14H11BrF3N. The molecule has 0 amide bonds. The Bertz CT molecular complexity index is 587. The van der Waals surface area contributed by atoms with Crippen LogP contribution in [0.4, 0.5) is 13.2 Å². The molecule has 0 spiro atoms. The summed E-state index contributed by atoms with van der Waals surface area (Å²) < 4.78 is 39.5. The summed E-state index contributed by atoms with van der Waals surface area (Å²) in [6.07, 6.45) is 0. The molecule has 19 heavy (non-hydrogen) atoms. The molecule has 2 aromatic rings. The number of nitrogens with one attached hydrogen (secondary N) is 1. The van der Waals surface area contributed by atoms with Gasteiger partial charge in [-0.2, -0.15) is 0 Å². The number of hydrogen-bond donors (Lipinski definition) is 1. The van der Waals surface area contributed by atoms with E-state index in [1.165, 1.54) is 18.2 Å². The van der Waals surface area contributed by atoms with Gasteiger partial charge in [0.2, 0.25) is 0 Å². The highest BCUT2D eigenvalue weighted by molar-refractivity contribution is 9.10. The lowest BCUT2D eigenvalue weighted by Crippen LogP contribution is -2.13. The summed E-state index contributed by atoms with van der Waals surface area (Å²) in [6.45, 7) is 0.747. The Morgan fingerprint density at radius 3 is 2.37 bits per heavy atom. The second-order valence-electron chi connectivity index (χ2n) is 4.09. The molecule has 0 saturated heterocycles. The van der Waals surface area contributed by atoms with E-state index in [2.05, 4.69) is 21.2 Å². The summed E-state index contributed by atoms with van der Waals surface area (Å²) in [7, 11) is 0. The van der Waals surface area contributed by atoms with E-state index >= 15 is 0 Å². The van der Waals surface area contributed by atoms with Crippen LogP contribution in [0.1, 0.15) is 11.1 Å². The van der Waals surface area contributed by atoms with Crippen molar-refractivity contribution in [3.63, 3.8) is 0 Å². The van der Waals surface area contributed by atoms with Crippen LogP contribution >= 0.6 is 15.9 Å². The highest BCUT2D eigenvalue weighted by Gasteiger charge is 2.04. The second-order valence-corrected chi connectivity index (χ2v) is 4.94. The number of rotatable bonds is 4. The minimum Gasteiger partial charge on any atom is -0.309 e. The maximum absolute atomic E-state index is 13.4. The first-order valence-electron chi connectivity index (χ1n) is 5.65. The zero-order valence-electron chi connectivity index (χ0n) is 9.89. The molecule has 100 valence electrons. The average molecular weight is 330 g/mol. The smallest absolute Gasteiger partial charge is 0.137 e. The van der Waals surface area contributed by atoms with Crippen molar-refractivity contribution in [2.45, 2.75) is 13.1 Å². The fourth-order valence-corrected chi connectivity index (χ4v) is 2.08. The first-order valence-corrected chi connectivity index (χ1v) is 6.44. The van der Waals surface area contributed by atoms with Crippen LogP contribution in [0.3, 0.4) is 0 Å². The van der Waals surface area contributed by atoms with E-state index in [0.717, 1.165) is 11.6 Å². The summed E-state index contributed by atoms with van der Waals surface area (Å²) in [6, 6.07) is 8.13. The molecule has 0 aliphatic rings. The zero-order valence-corrected chi connectivity index (χ0v) is 11.5. The van der Waals surface area contributed by atoms with Crippen LogP contribution in [-0.4, -0.2) is 0 Å². The van der Waals surface area contributed by atoms with Crippen molar-refractivity contribution in [3.8, 4) is 0 Å². The van der Waals surface area contributed by atoms with E-state index in [1.807, 2.05) is 0 Å². The molecule has 0 aliphatic carbocycles. The van der Waals surface area contributed by atoms with E-state index in [9.17, 15) is 13.2 Å². The van der Waals surface area contributed by atoms with Crippen molar-refractivity contribution >= 4 is 15.9 Å². The van der Waals surface area contributed by atoms with Crippen LogP contribution in [-0.2, 0) is 13.1 Å². The number of halogens is 4. The Kier molecular flexibility index (Phi) is 4.61. The SMILES string of the molecule is Fc1ccc(CNCc2ccc(F)c(Br)c2)c(F)c1. The molecule has 0 heterocycles. The van der Waals surface area contributed by atoms with Crippen molar-refractivity contribution in [1.29, 1.82) is 0 Å². The Morgan fingerprint density at radius 2 is 1.68 bits per heavy atom. The first-order chi connectivity index (χ1) is 9.06. The topological polar surface area (TPSA) is 12.0 Å². The molecule has 1 nitrogen and oxygen atoms in total. The van der Waals surface area contributed by atoms with E-state index in [1.54, 1.807) is 12.1 Å². The number of benzene rings is 2. The molecule has 0 saturated carbocycles. The maximum atomic E-state index is 13.4. The van der Waals surface area contributed by atoms with Crippen LogP contribution in [0.15, 0.2) is 40.9 Å². The Balaban J connectivity index is 1.94. The highest BCUT2D eigenvalue weighted by Crippen LogP contribution is 2.17. The van der Waals surface area contributed by atoms with Crippen molar-refractivity contribution < 1.29 is 13.2 Å². The molecule has 0 bridgehead atoms.